The number of anilines is 1. The summed E-state index contributed by atoms with van der Waals surface area (Å²) < 4.78 is 14.2. The van der Waals surface area contributed by atoms with Crippen molar-refractivity contribution in [3.8, 4) is 0 Å². The van der Waals surface area contributed by atoms with E-state index < -0.39 is 11.7 Å². The molecule has 0 spiro atoms. The van der Waals surface area contributed by atoms with Crippen molar-refractivity contribution in [1.29, 1.82) is 0 Å². The highest BCUT2D eigenvalue weighted by molar-refractivity contribution is 9.10. The van der Waals surface area contributed by atoms with E-state index in [4.69, 9.17) is 0 Å². The normalized spacial score (nSPS) is 10.4. The smallest absolute Gasteiger partial charge is 0.259 e. The van der Waals surface area contributed by atoms with E-state index in [0.29, 0.717) is 10.2 Å². The Morgan fingerprint density at radius 2 is 1.95 bits per heavy atom. The maximum Gasteiger partial charge on any atom is 0.259 e. The van der Waals surface area contributed by atoms with E-state index in [-0.39, 0.29) is 5.56 Å². The van der Waals surface area contributed by atoms with Crippen LogP contribution in [0.2, 0.25) is 0 Å². The monoisotopic (exact) mass is 413 g/mol. The number of carbonyl (C=O) groups is 1. The fourth-order valence-electron chi connectivity index (χ4n) is 1.98. The lowest BCUT2D eigenvalue weighted by molar-refractivity contribution is 0.102. The molecule has 0 aliphatic rings. The van der Waals surface area contributed by atoms with E-state index >= 15 is 0 Å². The molecule has 2 nitrogen and oxygen atoms in total. The standard InChI is InChI=1S/C16H14Br2FNO/c17-9-3-5-11-4-1-6-12(10-11)20-16(21)15-13(18)7-2-8-14(15)19/h1-2,4,6-8,10H,3,5,9H2,(H,20,21). The molecule has 0 aliphatic carbocycles. The summed E-state index contributed by atoms with van der Waals surface area (Å²) in [5.41, 5.74) is 1.82. The minimum absolute atomic E-state index is 0.0170. The summed E-state index contributed by atoms with van der Waals surface area (Å²) in [6, 6.07) is 12.1. The number of amides is 1. The number of carbonyl (C=O) groups excluding carboxylic acids is 1. The van der Waals surface area contributed by atoms with Gasteiger partial charge in [0.15, 0.2) is 0 Å². The molecule has 0 bridgehead atoms. The second-order valence-corrected chi connectivity index (χ2v) is 6.19. The molecule has 1 N–H and O–H groups in total. The van der Waals surface area contributed by atoms with Crippen molar-refractivity contribution < 1.29 is 9.18 Å². The minimum Gasteiger partial charge on any atom is -0.322 e. The van der Waals surface area contributed by atoms with Gasteiger partial charge in [0.25, 0.3) is 5.91 Å². The van der Waals surface area contributed by atoms with E-state index in [9.17, 15) is 9.18 Å². The number of rotatable bonds is 5. The van der Waals surface area contributed by atoms with Gasteiger partial charge in [-0.25, -0.2) is 4.39 Å². The van der Waals surface area contributed by atoms with Gasteiger partial charge in [0, 0.05) is 15.5 Å². The second kappa shape index (κ2) is 7.71. The average Bonchev–Trinajstić information content (AvgIpc) is 2.45. The van der Waals surface area contributed by atoms with E-state index in [2.05, 4.69) is 37.2 Å². The highest BCUT2D eigenvalue weighted by Gasteiger charge is 2.15. The minimum atomic E-state index is -0.544. The molecule has 0 unspecified atom stereocenters. The summed E-state index contributed by atoms with van der Waals surface area (Å²) in [6.07, 6.45) is 1.95. The first kappa shape index (κ1) is 16.2. The number of aryl methyl sites for hydroxylation is 1. The highest BCUT2D eigenvalue weighted by atomic mass is 79.9. The predicted octanol–water partition coefficient (Wildman–Crippen LogP) is 5.17. The third kappa shape index (κ3) is 4.38. The molecule has 0 atom stereocenters. The number of hydrogen-bond acceptors (Lipinski definition) is 1. The van der Waals surface area contributed by atoms with E-state index in [1.165, 1.54) is 6.07 Å². The van der Waals surface area contributed by atoms with E-state index in [1.807, 2.05) is 18.2 Å². The Morgan fingerprint density at radius 3 is 2.67 bits per heavy atom. The van der Waals surface area contributed by atoms with Gasteiger partial charge in [-0.3, -0.25) is 4.79 Å². The number of alkyl halides is 1. The molecule has 0 heterocycles. The van der Waals surface area contributed by atoms with Gasteiger partial charge in [0.05, 0.1) is 5.56 Å². The molecule has 2 aromatic rings. The van der Waals surface area contributed by atoms with Crippen LogP contribution in [-0.2, 0) is 6.42 Å². The molecule has 110 valence electrons. The van der Waals surface area contributed by atoms with Crippen LogP contribution in [0.15, 0.2) is 46.9 Å². The van der Waals surface area contributed by atoms with Crippen molar-refractivity contribution in [2.24, 2.45) is 0 Å². The number of benzene rings is 2. The molecule has 0 aromatic heterocycles. The van der Waals surface area contributed by atoms with E-state index in [0.717, 1.165) is 23.7 Å². The zero-order valence-corrected chi connectivity index (χ0v) is 14.4. The van der Waals surface area contributed by atoms with Crippen LogP contribution in [0.1, 0.15) is 22.3 Å². The van der Waals surface area contributed by atoms with Crippen LogP contribution >= 0.6 is 31.9 Å². The highest BCUT2D eigenvalue weighted by Crippen LogP contribution is 2.21. The van der Waals surface area contributed by atoms with Gasteiger partial charge < -0.3 is 5.32 Å². The van der Waals surface area contributed by atoms with Crippen molar-refractivity contribution >= 4 is 43.5 Å². The maximum absolute atomic E-state index is 13.8. The quantitative estimate of drug-likeness (QED) is 0.672. The van der Waals surface area contributed by atoms with Gasteiger partial charge in [-0.05, 0) is 58.6 Å². The first-order valence-corrected chi connectivity index (χ1v) is 8.43. The number of nitrogens with one attached hydrogen (secondary N) is 1. The largest absolute Gasteiger partial charge is 0.322 e. The molecular formula is C16H14Br2FNO. The topological polar surface area (TPSA) is 29.1 Å². The third-order valence-corrected chi connectivity index (χ3v) is 4.20. The first-order valence-electron chi connectivity index (χ1n) is 6.52. The summed E-state index contributed by atoms with van der Waals surface area (Å²) >= 11 is 6.60. The molecule has 0 radical (unpaired) electrons. The summed E-state index contributed by atoms with van der Waals surface area (Å²) in [6.45, 7) is 0. The van der Waals surface area contributed by atoms with Crippen LogP contribution in [0.5, 0.6) is 0 Å². The molecule has 0 aliphatic heterocycles. The number of hydrogen-bond donors (Lipinski definition) is 1. The molecular weight excluding hydrogens is 401 g/mol. The summed E-state index contributed by atoms with van der Waals surface area (Å²) in [5, 5.41) is 3.67. The number of halogens is 3. The van der Waals surface area contributed by atoms with Gasteiger partial charge in [0.1, 0.15) is 5.82 Å². The van der Waals surface area contributed by atoms with E-state index in [1.54, 1.807) is 18.2 Å². The zero-order chi connectivity index (χ0) is 15.2. The van der Waals surface area contributed by atoms with Crippen LogP contribution < -0.4 is 5.32 Å². The molecule has 0 saturated carbocycles. The van der Waals surface area contributed by atoms with Gasteiger partial charge in [-0.15, -0.1) is 0 Å². The van der Waals surface area contributed by atoms with Crippen LogP contribution in [0.4, 0.5) is 10.1 Å². The van der Waals surface area contributed by atoms with Crippen LogP contribution in [0, 0.1) is 5.82 Å². The van der Waals surface area contributed by atoms with Gasteiger partial charge in [-0.2, -0.15) is 0 Å². The summed E-state index contributed by atoms with van der Waals surface area (Å²) in [4.78, 5) is 12.2. The molecule has 0 saturated heterocycles. The van der Waals surface area contributed by atoms with Crippen molar-refractivity contribution in [3.63, 3.8) is 0 Å². The fraction of sp³-hybridized carbons (Fsp3) is 0.188. The third-order valence-electron chi connectivity index (χ3n) is 2.97. The summed E-state index contributed by atoms with van der Waals surface area (Å²) in [5.74, 6) is -1.00. The molecule has 1 amide bonds. The van der Waals surface area contributed by atoms with Gasteiger partial charge in [-0.1, -0.05) is 34.1 Å². The predicted molar refractivity (Wildman–Crippen MR) is 90.6 cm³/mol. The van der Waals surface area contributed by atoms with Gasteiger partial charge >= 0.3 is 0 Å². The second-order valence-electron chi connectivity index (χ2n) is 4.54. The lowest BCUT2D eigenvalue weighted by Crippen LogP contribution is -2.14. The average molecular weight is 415 g/mol. The Kier molecular flexibility index (Phi) is 5.94. The van der Waals surface area contributed by atoms with Crippen molar-refractivity contribution in [2.45, 2.75) is 12.8 Å². The molecule has 21 heavy (non-hydrogen) atoms. The molecule has 2 rings (SSSR count). The first-order chi connectivity index (χ1) is 10.1. The Labute approximate surface area is 140 Å². The van der Waals surface area contributed by atoms with Crippen molar-refractivity contribution in [1.82, 2.24) is 0 Å². The van der Waals surface area contributed by atoms with Gasteiger partial charge in [0.2, 0.25) is 0 Å². The molecule has 5 heteroatoms. The molecule has 2 aromatic carbocycles. The summed E-state index contributed by atoms with van der Waals surface area (Å²) in [7, 11) is 0. The Morgan fingerprint density at radius 1 is 1.19 bits per heavy atom. The molecule has 0 fully saturated rings. The maximum atomic E-state index is 13.8. The van der Waals surface area contributed by atoms with Crippen LogP contribution in [-0.4, -0.2) is 11.2 Å². The lowest BCUT2D eigenvalue weighted by Gasteiger charge is -2.09. The van der Waals surface area contributed by atoms with Crippen LogP contribution in [0.3, 0.4) is 0 Å². The lowest BCUT2D eigenvalue weighted by atomic mass is 10.1. The fourth-order valence-corrected chi connectivity index (χ4v) is 2.79. The van der Waals surface area contributed by atoms with Crippen molar-refractivity contribution in [2.75, 3.05) is 10.6 Å². The Bertz CT molecular complexity index is 626. The Hall–Kier alpha value is -1.20. The van der Waals surface area contributed by atoms with Crippen LogP contribution in [0.25, 0.3) is 0 Å². The Balaban J connectivity index is 2.16. The van der Waals surface area contributed by atoms with Crippen molar-refractivity contribution in [3.05, 3.63) is 63.9 Å². The zero-order valence-electron chi connectivity index (χ0n) is 11.2. The SMILES string of the molecule is O=C(Nc1cccc(CCCBr)c1)c1c(F)cccc1Br.